The van der Waals surface area contributed by atoms with E-state index >= 15 is 0 Å². The van der Waals surface area contributed by atoms with E-state index in [-0.39, 0.29) is 11.9 Å². The highest BCUT2D eigenvalue weighted by atomic mass is 16.2. The molecule has 2 fully saturated rings. The Morgan fingerprint density at radius 3 is 2.19 bits per heavy atom. The third kappa shape index (κ3) is 2.74. The Balaban J connectivity index is 1.89. The Morgan fingerprint density at radius 1 is 1.12 bits per heavy atom. The van der Waals surface area contributed by atoms with Gasteiger partial charge in [-0.25, -0.2) is 0 Å². The van der Waals surface area contributed by atoms with Crippen molar-refractivity contribution in [2.45, 2.75) is 39.2 Å². The van der Waals surface area contributed by atoms with Crippen LogP contribution in [0.15, 0.2) is 0 Å². The zero-order valence-corrected chi connectivity index (χ0v) is 10.0. The van der Waals surface area contributed by atoms with Gasteiger partial charge in [0.15, 0.2) is 0 Å². The van der Waals surface area contributed by atoms with Gasteiger partial charge in [0.25, 0.3) is 0 Å². The second-order valence-corrected chi connectivity index (χ2v) is 5.40. The lowest BCUT2D eigenvalue weighted by Crippen LogP contribution is -2.49. The fraction of sp³-hybridized carbons (Fsp3) is 0.833. The van der Waals surface area contributed by atoms with Crippen LogP contribution in [-0.2, 0) is 9.59 Å². The third-order valence-electron chi connectivity index (χ3n) is 3.26. The lowest BCUT2D eigenvalue weighted by Gasteiger charge is -2.34. The molecule has 1 aliphatic carbocycles. The first kappa shape index (κ1) is 11.4. The molecule has 16 heavy (non-hydrogen) atoms. The molecule has 0 aromatic rings. The van der Waals surface area contributed by atoms with E-state index in [2.05, 4.69) is 19.2 Å². The van der Waals surface area contributed by atoms with Crippen molar-refractivity contribution in [1.82, 2.24) is 10.2 Å². The van der Waals surface area contributed by atoms with Crippen LogP contribution in [0.25, 0.3) is 0 Å². The Hall–Kier alpha value is -1.06. The number of nitrogens with one attached hydrogen (secondary N) is 1. The molecular formula is C12H20N2O2. The summed E-state index contributed by atoms with van der Waals surface area (Å²) in [5.74, 6) is 0.247. The monoisotopic (exact) mass is 224 g/mol. The van der Waals surface area contributed by atoms with E-state index in [1.165, 1.54) is 0 Å². The fourth-order valence-corrected chi connectivity index (χ4v) is 2.45. The van der Waals surface area contributed by atoms with E-state index in [4.69, 9.17) is 0 Å². The van der Waals surface area contributed by atoms with E-state index in [0.29, 0.717) is 11.8 Å². The van der Waals surface area contributed by atoms with Crippen LogP contribution < -0.4 is 5.32 Å². The number of piperidine rings is 1. The smallest absolute Gasteiger partial charge is 0.311 e. The molecule has 2 aliphatic rings. The molecule has 1 N–H and O–H groups in total. The summed E-state index contributed by atoms with van der Waals surface area (Å²) in [7, 11) is 0. The number of hydrogen-bond donors (Lipinski definition) is 1. The molecule has 1 heterocycles. The highest BCUT2D eigenvalue weighted by molar-refractivity contribution is 6.35. The Bertz CT molecular complexity index is 289. The molecule has 0 spiro atoms. The van der Waals surface area contributed by atoms with Gasteiger partial charge in [0.2, 0.25) is 0 Å². The standard InChI is InChI=1S/C12H20N2O2/c1-8-5-9(2)7-14(6-8)12(16)11(15)13-10-3-4-10/h8-10H,3-7H2,1-2H3,(H,13,15). The highest BCUT2D eigenvalue weighted by Gasteiger charge is 2.32. The number of hydrogen-bond acceptors (Lipinski definition) is 2. The summed E-state index contributed by atoms with van der Waals surface area (Å²) in [6.07, 6.45) is 3.19. The van der Waals surface area contributed by atoms with E-state index in [1.54, 1.807) is 4.90 Å². The van der Waals surface area contributed by atoms with Crippen molar-refractivity contribution in [3.63, 3.8) is 0 Å². The van der Waals surface area contributed by atoms with Crippen molar-refractivity contribution in [1.29, 1.82) is 0 Å². The van der Waals surface area contributed by atoms with Crippen LogP contribution in [0.2, 0.25) is 0 Å². The van der Waals surface area contributed by atoms with Crippen molar-refractivity contribution in [2.75, 3.05) is 13.1 Å². The number of carbonyl (C=O) groups is 2. The molecule has 2 amide bonds. The van der Waals surface area contributed by atoms with Gasteiger partial charge in [-0.3, -0.25) is 9.59 Å². The predicted molar refractivity (Wildman–Crippen MR) is 60.7 cm³/mol. The first-order valence-corrected chi connectivity index (χ1v) is 6.16. The summed E-state index contributed by atoms with van der Waals surface area (Å²) in [6, 6.07) is 0.260. The quantitative estimate of drug-likeness (QED) is 0.669. The number of carbonyl (C=O) groups excluding carboxylic acids is 2. The molecule has 2 unspecified atom stereocenters. The summed E-state index contributed by atoms with van der Waals surface area (Å²) >= 11 is 0. The lowest BCUT2D eigenvalue weighted by molar-refractivity contribution is -0.147. The first-order chi connectivity index (χ1) is 7.56. The van der Waals surface area contributed by atoms with Crippen LogP contribution in [0.5, 0.6) is 0 Å². The summed E-state index contributed by atoms with van der Waals surface area (Å²) in [4.78, 5) is 25.2. The minimum Gasteiger partial charge on any atom is -0.345 e. The molecule has 0 bridgehead atoms. The SMILES string of the molecule is CC1CC(C)CN(C(=O)C(=O)NC2CC2)C1. The molecule has 2 rings (SSSR count). The minimum atomic E-state index is -0.413. The molecule has 1 saturated carbocycles. The second-order valence-electron chi connectivity index (χ2n) is 5.40. The summed E-state index contributed by atoms with van der Waals surface area (Å²) in [5.41, 5.74) is 0. The maximum atomic E-state index is 11.9. The van der Waals surface area contributed by atoms with Gasteiger partial charge in [-0.05, 0) is 31.1 Å². The average Bonchev–Trinajstić information content (AvgIpc) is 2.99. The van der Waals surface area contributed by atoms with Crippen LogP contribution in [-0.4, -0.2) is 35.8 Å². The molecule has 1 saturated heterocycles. The number of likely N-dealkylation sites (tertiary alicyclic amines) is 1. The van der Waals surface area contributed by atoms with Gasteiger partial charge in [0.05, 0.1) is 0 Å². The van der Waals surface area contributed by atoms with Gasteiger partial charge in [0.1, 0.15) is 0 Å². The third-order valence-corrected chi connectivity index (χ3v) is 3.26. The number of amides is 2. The van der Waals surface area contributed by atoms with Crippen LogP contribution in [0.1, 0.15) is 33.1 Å². The molecule has 4 heteroatoms. The average molecular weight is 224 g/mol. The highest BCUT2D eigenvalue weighted by Crippen LogP contribution is 2.22. The van der Waals surface area contributed by atoms with Gasteiger partial charge in [-0.15, -0.1) is 0 Å². The summed E-state index contributed by atoms with van der Waals surface area (Å²) in [6.45, 7) is 5.71. The minimum absolute atomic E-state index is 0.260. The first-order valence-electron chi connectivity index (χ1n) is 6.16. The topological polar surface area (TPSA) is 49.4 Å². The zero-order chi connectivity index (χ0) is 11.7. The summed E-state index contributed by atoms with van der Waals surface area (Å²) in [5, 5.41) is 2.75. The van der Waals surface area contributed by atoms with Crippen molar-refractivity contribution in [2.24, 2.45) is 11.8 Å². The molecule has 90 valence electrons. The number of rotatable bonds is 1. The van der Waals surface area contributed by atoms with Crippen LogP contribution in [0.3, 0.4) is 0 Å². The van der Waals surface area contributed by atoms with Crippen molar-refractivity contribution in [3.8, 4) is 0 Å². The molecule has 0 aromatic heterocycles. The van der Waals surface area contributed by atoms with Crippen molar-refractivity contribution >= 4 is 11.8 Å². The molecule has 0 aromatic carbocycles. The van der Waals surface area contributed by atoms with Gasteiger partial charge in [0, 0.05) is 19.1 Å². The van der Waals surface area contributed by atoms with Gasteiger partial charge >= 0.3 is 11.8 Å². The maximum absolute atomic E-state index is 11.9. The van der Waals surface area contributed by atoms with Gasteiger partial charge in [-0.2, -0.15) is 0 Å². The van der Waals surface area contributed by atoms with Crippen LogP contribution >= 0.6 is 0 Å². The van der Waals surface area contributed by atoms with Crippen LogP contribution in [0, 0.1) is 11.8 Å². The Kier molecular flexibility index (Phi) is 3.17. The van der Waals surface area contributed by atoms with E-state index in [9.17, 15) is 9.59 Å². The van der Waals surface area contributed by atoms with E-state index in [1.807, 2.05) is 0 Å². The molecule has 4 nitrogen and oxygen atoms in total. The molecular weight excluding hydrogens is 204 g/mol. The fourth-order valence-electron chi connectivity index (χ4n) is 2.45. The van der Waals surface area contributed by atoms with E-state index in [0.717, 1.165) is 32.4 Å². The van der Waals surface area contributed by atoms with Crippen molar-refractivity contribution < 1.29 is 9.59 Å². The molecule has 1 aliphatic heterocycles. The largest absolute Gasteiger partial charge is 0.345 e. The maximum Gasteiger partial charge on any atom is 0.311 e. The van der Waals surface area contributed by atoms with Gasteiger partial charge < -0.3 is 10.2 Å². The number of nitrogens with zero attached hydrogens (tertiary/aromatic N) is 1. The van der Waals surface area contributed by atoms with Crippen LogP contribution in [0.4, 0.5) is 0 Å². The molecule has 0 radical (unpaired) electrons. The summed E-state index contributed by atoms with van der Waals surface area (Å²) < 4.78 is 0. The zero-order valence-electron chi connectivity index (χ0n) is 10.0. The van der Waals surface area contributed by atoms with E-state index < -0.39 is 5.91 Å². The lowest BCUT2D eigenvalue weighted by atomic mass is 9.92. The normalized spacial score (nSPS) is 30.0. The predicted octanol–water partition coefficient (Wildman–Crippen LogP) is 0.769. The molecule has 2 atom stereocenters. The van der Waals surface area contributed by atoms with Crippen molar-refractivity contribution in [3.05, 3.63) is 0 Å². The Morgan fingerprint density at radius 2 is 1.69 bits per heavy atom. The second kappa shape index (κ2) is 4.44. The van der Waals surface area contributed by atoms with Gasteiger partial charge in [-0.1, -0.05) is 13.8 Å². The Labute approximate surface area is 96.4 Å².